The minimum Gasteiger partial charge on any atom is -0.357 e. The summed E-state index contributed by atoms with van der Waals surface area (Å²) >= 11 is 0. The van der Waals surface area contributed by atoms with Crippen molar-refractivity contribution in [1.29, 1.82) is 0 Å². The number of nitrogens with one attached hydrogen (secondary N) is 3. The predicted molar refractivity (Wildman–Crippen MR) is 99.7 cm³/mol. The summed E-state index contributed by atoms with van der Waals surface area (Å²) in [6.07, 6.45) is 3.60. The molecule has 1 amide bonds. The molecule has 0 aliphatic carbocycles. The van der Waals surface area contributed by atoms with Crippen molar-refractivity contribution in [3.8, 4) is 0 Å². The lowest BCUT2D eigenvalue weighted by Gasteiger charge is -2.23. The first kappa shape index (κ1) is 21.7. The van der Waals surface area contributed by atoms with Crippen molar-refractivity contribution in [2.24, 2.45) is 16.3 Å². The molecule has 23 heavy (non-hydrogen) atoms. The van der Waals surface area contributed by atoms with Gasteiger partial charge in [0, 0.05) is 19.1 Å². The topological polar surface area (TPSA) is 65.5 Å². The first-order valence-electron chi connectivity index (χ1n) is 9.06. The van der Waals surface area contributed by atoms with E-state index in [-0.39, 0.29) is 5.91 Å². The van der Waals surface area contributed by atoms with E-state index >= 15 is 0 Å². The van der Waals surface area contributed by atoms with Crippen LogP contribution in [0, 0.1) is 11.3 Å². The molecule has 0 fully saturated rings. The van der Waals surface area contributed by atoms with Crippen LogP contribution in [0.5, 0.6) is 0 Å². The largest absolute Gasteiger partial charge is 0.357 e. The highest BCUT2D eigenvalue weighted by molar-refractivity contribution is 5.83. The highest BCUT2D eigenvalue weighted by atomic mass is 16.2. The van der Waals surface area contributed by atoms with Crippen LogP contribution in [0.1, 0.15) is 67.7 Å². The first-order chi connectivity index (χ1) is 10.7. The lowest BCUT2D eigenvalue weighted by Crippen LogP contribution is -2.44. The molecule has 136 valence electrons. The van der Waals surface area contributed by atoms with Crippen LogP contribution in [0.3, 0.4) is 0 Å². The molecule has 3 N–H and O–H groups in total. The summed E-state index contributed by atoms with van der Waals surface area (Å²) in [6, 6.07) is 0.374. The van der Waals surface area contributed by atoms with Gasteiger partial charge in [-0.25, -0.2) is 0 Å². The number of hydrogen-bond donors (Lipinski definition) is 3. The molecule has 0 aromatic heterocycles. The van der Waals surface area contributed by atoms with E-state index in [0.29, 0.717) is 19.1 Å². The Labute approximate surface area is 143 Å². The number of guanidine groups is 1. The zero-order valence-electron chi connectivity index (χ0n) is 16.3. The van der Waals surface area contributed by atoms with Gasteiger partial charge >= 0.3 is 0 Å². The van der Waals surface area contributed by atoms with Crippen LogP contribution in [0.2, 0.25) is 0 Å². The zero-order chi connectivity index (χ0) is 17.9. The molecular formula is C18H38N4O. The molecule has 0 rings (SSSR count). The van der Waals surface area contributed by atoms with Gasteiger partial charge in [0.1, 0.15) is 0 Å². The second-order valence-electron chi connectivity index (χ2n) is 7.31. The minimum absolute atomic E-state index is 0.0459. The molecular weight excluding hydrogens is 288 g/mol. The molecule has 0 aromatic carbocycles. The Morgan fingerprint density at radius 1 is 1.04 bits per heavy atom. The maximum absolute atomic E-state index is 12.0. The van der Waals surface area contributed by atoms with Gasteiger partial charge in [0.05, 0.1) is 12.0 Å². The Morgan fingerprint density at radius 2 is 1.65 bits per heavy atom. The highest BCUT2D eigenvalue weighted by Gasteiger charge is 2.26. The molecule has 0 aliphatic rings. The van der Waals surface area contributed by atoms with Gasteiger partial charge in [-0.3, -0.25) is 9.79 Å². The quantitative estimate of drug-likeness (QED) is 0.427. The lowest BCUT2D eigenvalue weighted by atomic mass is 9.92. The van der Waals surface area contributed by atoms with Crippen LogP contribution in [-0.4, -0.2) is 37.5 Å². The summed E-state index contributed by atoms with van der Waals surface area (Å²) < 4.78 is 0. The third-order valence-electron chi connectivity index (χ3n) is 3.73. The van der Waals surface area contributed by atoms with E-state index in [1.54, 1.807) is 0 Å². The molecule has 5 nitrogen and oxygen atoms in total. The SMILES string of the molecule is CCNC(=O)C(C)(C)CN=C(NCC)NC(C)CCCC(C)C. The molecule has 1 atom stereocenters. The van der Waals surface area contributed by atoms with Crippen LogP contribution in [0.4, 0.5) is 0 Å². The molecule has 1 unspecified atom stereocenters. The Hall–Kier alpha value is -1.26. The second-order valence-corrected chi connectivity index (χ2v) is 7.31. The lowest BCUT2D eigenvalue weighted by molar-refractivity contribution is -0.128. The maximum atomic E-state index is 12.0. The zero-order valence-corrected chi connectivity index (χ0v) is 16.3. The average molecular weight is 327 g/mol. The molecule has 0 saturated heterocycles. The van der Waals surface area contributed by atoms with Gasteiger partial charge in [-0.1, -0.05) is 26.7 Å². The number of carbonyl (C=O) groups excluding carboxylic acids is 1. The number of hydrogen-bond acceptors (Lipinski definition) is 2. The Balaban J connectivity index is 4.55. The van der Waals surface area contributed by atoms with E-state index in [9.17, 15) is 4.79 Å². The highest BCUT2D eigenvalue weighted by Crippen LogP contribution is 2.15. The van der Waals surface area contributed by atoms with E-state index < -0.39 is 5.41 Å². The van der Waals surface area contributed by atoms with Crippen molar-refractivity contribution in [2.45, 2.75) is 73.8 Å². The number of carbonyl (C=O) groups is 1. The Morgan fingerprint density at radius 3 is 2.17 bits per heavy atom. The van der Waals surface area contributed by atoms with Crippen molar-refractivity contribution in [2.75, 3.05) is 19.6 Å². The van der Waals surface area contributed by atoms with Crippen LogP contribution >= 0.6 is 0 Å². The molecule has 0 heterocycles. The van der Waals surface area contributed by atoms with Crippen molar-refractivity contribution in [1.82, 2.24) is 16.0 Å². The Kier molecular flexibility index (Phi) is 10.7. The van der Waals surface area contributed by atoms with E-state index in [1.807, 2.05) is 20.8 Å². The summed E-state index contributed by atoms with van der Waals surface area (Å²) in [5.74, 6) is 1.59. The van der Waals surface area contributed by atoms with Gasteiger partial charge in [-0.2, -0.15) is 0 Å². The van der Waals surface area contributed by atoms with Crippen molar-refractivity contribution < 1.29 is 4.79 Å². The summed E-state index contributed by atoms with van der Waals surface area (Å²) in [6.45, 7) is 16.5. The van der Waals surface area contributed by atoms with Gasteiger partial charge in [0.25, 0.3) is 0 Å². The van der Waals surface area contributed by atoms with Crippen LogP contribution in [0.25, 0.3) is 0 Å². The summed E-state index contributed by atoms with van der Waals surface area (Å²) in [7, 11) is 0. The summed E-state index contributed by atoms with van der Waals surface area (Å²) in [5, 5.41) is 9.58. The summed E-state index contributed by atoms with van der Waals surface area (Å²) in [4.78, 5) is 16.6. The fraction of sp³-hybridized carbons (Fsp3) is 0.889. The van der Waals surface area contributed by atoms with Crippen LogP contribution in [-0.2, 0) is 4.79 Å². The van der Waals surface area contributed by atoms with Gasteiger partial charge in [0.2, 0.25) is 5.91 Å². The predicted octanol–water partition coefficient (Wildman–Crippen LogP) is 2.92. The molecule has 0 saturated carbocycles. The van der Waals surface area contributed by atoms with Gasteiger partial charge in [0.15, 0.2) is 5.96 Å². The van der Waals surface area contributed by atoms with Crippen LogP contribution in [0.15, 0.2) is 4.99 Å². The molecule has 0 aliphatic heterocycles. The first-order valence-corrected chi connectivity index (χ1v) is 9.06. The number of nitrogens with zero attached hydrogens (tertiary/aromatic N) is 1. The average Bonchev–Trinajstić information content (AvgIpc) is 2.45. The van der Waals surface area contributed by atoms with E-state index in [2.05, 4.69) is 48.6 Å². The van der Waals surface area contributed by atoms with Crippen LogP contribution < -0.4 is 16.0 Å². The van der Waals surface area contributed by atoms with Gasteiger partial charge in [-0.15, -0.1) is 0 Å². The molecule has 0 aromatic rings. The van der Waals surface area contributed by atoms with Crippen molar-refractivity contribution in [3.63, 3.8) is 0 Å². The minimum atomic E-state index is -0.501. The van der Waals surface area contributed by atoms with E-state index in [4.69, 9.17) is 0 Å². The van der Waals surface area contributed by atoms with Crippen molar-refractivity contribution in [3.05, 3.63) is 0 Å². The third-order valence-corrected chi connectivity index (χ3v) is 3.73. The second kappa shape index (κ2) is 11.3. The smallest absolute Gasteiger partial charge is 0.227 e. The molecule has 5 heteroatoms. The molecule has 0 bridgehead atoms. The van der Waals surface area contributed by atoms with E-state index in [1.165, 1.54) is 12.8 Å². The summed E-state index contributed by atoms with van der Waals surface area (Å²) in [5.41, 5.74) is -0.501. The number of aliphatic imine (C=N–C) groups is 1. The fourth-order valence-electron chi connectivity index (χ4n) is 2.21. The molecule has 0 radical (unpaired) electrons. The fourth-order valence-corrected chi connectivity index (χ4v) is 2.21. The molecule has 0 spiro atoms. The monoisotopic (exact) mass is 326 g/mol. The maximum Gasteiger partial charge on any atom is 0.227 e. The third kappa shape index (κ3) is 10.2. The Bertz CT molecular complexity index is 364. The van der Waals surface area contributed by atoms with E-state index in [0.717, 1.165) is 24.8 Å². The normalized spacial score (nSPS) is 13.8. The van der Waals surface area contributed by atoms with Gasteiger partial charge in [-0.05, 0) is 47.0 Å². The van der Waals surface area contributed by atoms with Gasteiger partial charge < -0.3 is 16.0 Å². The number of rotatable bonds is 10. The standard InChI is InChI=1S/C18H38N4O/c1-8-19-16(23)18(6,7)13-21-17(20-9-2)22-15(5)12-10-11-14(3)4/h14-15H,8-13H2,1-7H3,(H,19,23)(H2,20,21,22). The number of amides is 1. The van der Waals surface area contributed by atoms with Crippen molar-refractivity contribution >= 4 is 11.9 Å².